The lowest BCUT2D eigenvalue weighted by atomic mass is 10.0. The largest absolute Gasteiger partial charge is 0.492 e. The van der Waals surface area contributed by atoms with Crippen LogP contribution in [0.25, 0.3) is 10.8 Å². The summed E-state index contributed by atoms with van der Waals surface area (Å²) in [7, 11) is 0. The molecule has 1 aliphatic heterocycles. The Labute approximate surface area is 178 Å². The van der Waals surface area contributed by atoms with Crippen LogP contribution in [-0.2, 0) is 6.54 Å². The molecule has 29 heavy (non-hydrogen) atoms. The number of thiocarbonyl (C=S) groups is 1. The fourth-order valence-corrected chi connectivity index (χ4v) is 4.12. The smallest absolute Gasteiger partial charge is 0.173 e. The van der Waals surface area contributed by atoms with E-state index in [0.29, 0.717) is 6.61 Å². The standard InChI is InChI=1S/C24H27N3OS/c1-2-28-23-13-6-5-12-22(23)25-24(29)27-16-14-26(15-17-27)18-20-10-7-9-19-8-3-4-11-21(19)20/h3-13H,2,14-18H2,1H3,(H,25,29). The Kier molecular flexibility index (Phi) is 6.27. The minimum Gasteiger partial charge on any atom is -0.492 e. The number of rotatable bonds is 5. The number of nitrogens with zero attached hydrogens (tertiary/aromatic N) is 2. The number of nitrogens with one attached hydrogen (secondary N) is 1. The van der Waals surface area contributed by atoms with Crippen molar-refractivity contribution in [2.24, 2.45) is 0 Å². The Morgan fingerprint density at radius 2 is 1.66 bits per heavy atom. The molecule has 1 fully saturated rings. The van der Waals surface area contributed by atoms with Gasteiger partial charge in [-0.15, -0.1) is 0 Å². The molecule has 0 atom stereocenters. The molecule has 0 bridgehead atoms. The van der Waals surface area contributed by atoms with Gasteiger partial charge in [0, 0.05) is 32.7 Å². The summed E-state index contributed by atoms with van der Waals surface area (Å²) < 4.78 is 5.69. The molecule has 1 N–H and O–H groups in total. The maximum atomic E-state index is 5.69. The first-order valence-corrected chi connectivity index (χ1v) is 10.6. The predicted molar refractivity (Wildman–Crippen MR) is 125 cm³/mol. The minimum absolute atomic E-state index is 0.637. The van der Waals surface area contributed by atoms with Crippen LogP contribution in [0.3, 0.4) is 0 Å². The van der Waals surface area contributed by atoms with Crippen LogP contribution in [0.1, 0.15) is 12.5 Å². The molecule has 1 heterocycles. The van der Waals surface area contributed by atoms with Gasteiger partial charge in [-0.25, -0.2) is 0 Å². The maximum absolute atomic E-state index is 5.69. The van der Waals surface area contributed by atoms with E-state index in [9.17, 15) is 0 Å². The molecule has 0 amide bonds. The highest BCUT2D eigenvalue weighted by Crippen LogP contribution is 2.24. The van der Waals surface area contributed by atoms with Crippen molar-refractivity contribution >= 4 is 33.8 Å². The molecule has 0 radical (unpaired) electrons. The Hall–Kier alpha value is -2.63. The molecular weight excluding hydrogens is 378 g/mol. The first-order chi connectivity index (χ1) is 14.2. The summed E-state index contributed by atoms with van der Waals surface area (Å²) in [6.07, 6.45) is 0. The van der Waals surface area contributed by atoms with Crippen molar-refractivity contribution in [2.75, 3.05) is 38.1 Å². The van der Waals surface area contributed by atoms with Crippen molar-refractivity contribution in [3.8, 4) is 5.75 Å². The fraction of sp³-hybridized carbons (Fsp3) is 0.292. The average Bonchev–Trinajstić information content (AvgIpc) is 2.76. The van der Waals surface area contributed by atoms with Gasteiger partial charge in [0.1, 0.15) is 5.75 Å². The maximum Gasteiger partial charge on any atom is 0.173 e. The van der Waals surface area contributed by atoms with Gasteiger partial charge in [0.25, 0.3) is 0 Å². The van der Waals surface area contributed by atoms with E-state index >= 15 is 0 Å². The summed E-state index contributed by atoms with van der Waals surface area (Å²) in [4.78, 5) is 4.76. The van der Waals surface area contributed by atoms with Gasteiger partial charge in [-0.2, -0.15) is 0 Å². The van der Waals surface area contributed by atoms with Gasteiger partial charge in [-0.1, -0.05) is 54.6 Å². The lowest BCUT2D eigenvalue weighted by molar-refractivity contribution is 0.177. The monoisotopic (exact) mass is 405 g/mol. The third kappa shape index (κ3) is 4.69. The molecule has 0 aliphatic carbocycles. The van der Waals surface area contributed by atoms with E-state index in [0.717, 1.165) is 49.3 Å². The number of piperazine rings is 1. The summed E-state index contributed by atoms with van der Waals surface area (Å²) in [5.74, 6) is 0.840. The van der Waals surface area contributed by atoms with Crippen molar-refractivity contribution in [3.63, 3.8) is 0 Å². The van der Waals surface area contributed by atoms with E-state index in [1.165, 1.54) is 16.3 Å². The molecule has 0 unspecified atom stereocenters. The summed E-state index contributed by atoms with van der Waals surface area (Å²) in [5, 5.41) is 6.79. The van der Waals surface area contributed by atoms with Crippen LogP contribution in [0, 0.1) is 0 Å². The molecule has 1 saturated heterocycles. The molecule has 3 aromatic carbocycles. The number of hydrogen-bond acceptors (Lipinski definition) is 3. The molecule has 1 aliphatic rings. The highest BCUT2D eigenvalue weighted by molar-refractivity contribution is 7.80. The van der Waals surface area contributed by atoms with E-state index in [-0.39, 0.29) is 0 Å². The minimum atomic E-state index is 0.637. The summed E-state index contributed by atoms with van der Waals surface area (Å²) >= 11 is 5.67. The third-order valence-corrected chi connectivity index (χ3v) is 5.72. The lowest BCUT2D eigenvalue weighted by Gasteiger charge is -2.36. The van der Waals surface area contributed by atoms with Gasteiger partial charge in [0.05, 0.1) is 12.3 Å². The predicted octanol–water partition coefficient (Wildman–Crippen LogP) is 4.75. The van der Waals surface area contributed by atoms with Gasteiger partial charge in [0.15, 0.2) is 5.11 Å². The van der Waals surface area contributed by atoms with Crippen LogP contribution < -0.4 is 10.1 Å². The quantitative estimate of drug-likeness (QED) is 0.618. The zero-order chi connectivity index (χ0) is 20.1. The summed E-state index contributed by atoms with van der Waals surface area (Å²) in [6.45, 7) is 7.45. The van der Waals surface area contributed by atoms with Crippen molar-refractivity contribution in [1.82, 2.24) is 9.80 Å². The van der Waals surface area contributed by atoms with Crippen LogP contribution in [0.2, 0.25) is 0 Å². The highest BCUT2D eigenvalue weighted by atomic mass is 32.1. The Morgan fingerprint density at radius 3 is 2.48 bits per heavy atom. The van der Waals surface area contributed by atoms with Crippen LogP contribution in [0.5, 0.6) is 5.75 Å². The number of anilines is 1. The first-order valence-electron chi connectivity index (χ1n) is 10.2. The van der Waals surface area contributed by atoms with Gasteiger partial charge in [-0.3, -0.25) is 4.90 Å². The molecule has 150 valence electrons. The molecule has 5 heteroatoms. The summed E-state index contributed by atoms with van der Waals surface area (Å²) in [5.41, 5.74) is 2.32. The van der Waals surface area contributed by atoms with E-state index < -0.39 is 0 Å². The second-order valence-electron chi connectivity index (χ2n) is 7.26. The topological polar surface area (TPSA) is 27.7 Å². The van der Waals surface area contributed by atoms with Crippen molar-refractivity contribution in [2.45, 2.75) is 13.5 Å². The molecule has 0 aromatic heterocycles. The van der Waals surface area contributed by atoms with Gasteiger partial charge in [-0.05, 0) is 47.6 Å². The SMILES string of the molecule is CCOc1ccccc1NC(=S)N1CCN(Cc2cccc3ccccc23)CC1. The molecule has 3 aromatic rings. The van der Waals surface area contributed by atoms with E-state index in [1.54, 1.807) is 0 Å². The van der Waals surface area contributed by atoms with Gasteiger partial charge >= 0.3 is 0 Å². The Balaban J connectivity index is 1.35. The number of hydrogen-bond donors (Lipinski definition) is 1. The molecular formula is C24H27N3OS. The van der Waals surface area contributed by atoms with E-state index in [4.69, 9.17) is 17.0 Å². The number of fused-ring (bicyclic) bond motifs is 1. The van der Waals surface area contributed by atoms with Gasteiger partial charge in [0.2, 0.25) is 0 Å². The zero-order valence-electron chi connectivity index (χ0n) is 16.8. The first kappa shape index (κ1) is 19.7. The second kappa shape index (κ2) is 9.25. The molecule has 0 saturated carbocycles. The number of para-hydroxylation sites is 2. The Bertz CT molecular complexity index is 977. The highest BCUT2D eigenvalue weighted by Gasteiger charge is 2.20. The average molecular weight is 406 g/mol. The van der Waals surface area contributed by atoms with Gasteiger partial charge < -0.3 is 15.0 Å². The van der Waals surface area contributed by atoms with E-state index in [1.807, 2.05) is 31.2 Å². The van der Waals surface area contributed by atoms with Crippen LogP contribution >= 0.6 is 12.2 Å². The number of ether oxygens (including phenoxy) is 1. The molecule has 4 rings (SSSR count). The third-order valence-electron chi connectivity index (χ3n) is 5.36. The van der Waals surface area contributed by atoms with Crippen LogP contribution in [-0.4, -0.2) is 47.7 Å². The van der Waals surface area contributed by atoms with E-state index in [2.05, 4.69) is 57.6 Å². The normalized spacial score (nSPS) is 14.7. The fourth-order valence-electron chi connectivity index (χ4n) is 3.83. The van der Waals surface area contributed by atoms with Crippen LogP contribution in [0.4, 0.5) is 5.69 Å². The zero-order valence-corrected chi connectivity index (χ0v) is 17.6. The van der Waals surface area contributed by atoms with Crippen molar-refractivity contribution in [1.29, 1.82) is 0 Å². The van der Waals surface area contributed by atoms with Crippen molar-refractivity contribution < 1.29 is 4.74 Å². The van der Waals surface area contributed by atoms with Crippen molar-refractivity contribution in [3.05, 3.63) is 72.3 Å². The second-order valence-corrected chi connectivity index (χ2v) is 7.65. The number of benzene rings is 3. The summed E-state index contributed by atoms with van der Waals surface area (Å²) in [6, 6.07) is 23.1. The lowest BCUT2D eigenvalue weighted by Crippen LogP contribution is -2.49. The van der Waals surface area contributed by atoms with Crippen LogP contribution in [0.15, 0.2) is 66.7 Å². The Morgan fingerprint density at radius 1 is 0.931 bits per heavy atom. The molecule has 4 nitrogen and oxygen atoms in total. The molecule has 0 spiro atoms.